The zero-order valence-electron chi connectivity index (χ0n) is 13.4. The molecule has 3 rings (SSSR count). The molecule has 2 aromatic rings. The lowest BCUT2D eigenvalue weighted by Crippen LogP contribution is -2.55. The van der Waals surface area contributed by atoms with Gasteiger partial charge in [0.15, 0.2) is 0 Å². The fourth-order valence-corrected chi connectivity index (χ4v) is 2.67. The normalized spacial score (nSPS) is 14.8. The molecule has 6 heteroatoms. The van der Waals surface area contributed by atoms with Crippen LogP contribution in [0.15, 0.2) is 29.1 Å². The second-order valence-corrected chi connectivity index (χ2v) is 6.02. The predicted molar refractivity (Wildman–Crippen MR) is 86.2 cm³/mol. The number of benzene rings is 1. The highest BCUT2D eigenvalue weighted by Gasteiger charge is 2.31. The van der Waals surface area contributed by atoms with Gasteiger partial charge in [-0.25, -0.2) is 0 Å². The highest BCUT2D eigenvalue weighted by molar-refractivity contribution is 5.79. The summed E-state index contributed by atoms with van der Waals surface area (Å²) in [6.07, 6.45) is 0.207. The van der Waals surface area contributed by atoms with E-state index in [0.29, 0.717) is 25.3 Å². The van der Waals surface area contributed by atoms with Crippen LogP contribution in [0.2, 0.25) is 0 Å². The van der Waals surface area contributed by atoms with Gasteiger partial charge in [-0.2, -0.15) is 0 Å². The van der Waals surface area contributed by atoms with Gasteiger partial charge in [0.05, 0.1) is 19.1 Å². The molecule has 0 radical (unpaired) electrons. The van der Waals surface area contributed by atoms with Crippen LogP contribution in [0.4, 0.5) is 0 Å². The molecule has 1 saturated heterocycles. The van der Waals surface area contributed by atoms with Gasteiger partial charge in [-0.1, -0.05) is 24.3 Å². The summed E-state index contributed by atoms with van der Waals surface area (Å²) in [4.78, 5) is 25.5. The second kappa shape index (κ2) is 6.42. The molecule has 2 N–H and O–H groups in total. The predicted octanol–water partition coefficient (Wildman–Crippen LogP) is 1.29. The van der Waals surface area contributed by atoms with Crippen molar-refractivity contribution in [3.63, 3.8) is 0 Å². The number of ether oxygens (including phenoxy) is 1. The fourth-order valence-electron chi connectivity index (χ4n) is 2.67. The Kier molecular flexibility index (Phi) is 4.34. The first-order valence-electron chi connectivity index (χ1n) is 7.74. The molecule has 1 fully saturated rings. The number of nitrogens with zero attached hydrogens (tertiary/aromatic N) is 1. The molecule has 23 heavy (non-hydrogen) atoms. The van der Waals surface area contributed by atoms with Crippen LogP contribution in [0.1, 0.15) is 22.4 Å². The number of aromatic amines is 2. The van der Waals surface area contributed by atoms with Gasteiger partial charge in [0.25, 0.3) is 5.56 Å². The molecular weight excluding hydrogens is 294 g/mol. The van der Waals surface area contributed by atoms with E-state index >= 15 is 0 Å². The van der Waals surface area contributed by atoms with Crippen molar-refractivity contribution in [1.29, 1.82) is 0 Å². The lowest BCUT2D eigenvalue weighted by molar-refractivity contribution is -0.145. The summed E-state index contributed by atoms with van der Waals surface area (Å²) in [7, 11) is 0. The van der Waals surface area contributed by atoms with Crippen molar-refractivity contribution in [3.8, 4) is 0 Å². The van der Waals surface area contributed by atoms with Crippen LogP contribution >= 0.6 is 0 Å². The molecule has 1 aromatic carbocycles. The van der Waals surface area contributed by atoms with E-state index in [0.717, 1.165) is 5.69 Å². The molecule has 0 unspecified atom stereocenters. The summed E-state index contributed by atoms with van der Waals surface area (Å²) >= 11 is 0. The van der Waals surface area contributed by atoms with Gasteiger partial charge in [0.1, 0.15) is 0 Å². The molecule has 6 nitrogen and oxygen atoms in total. The van der Waals surface area contributed by atoms with Crippen LogP contribution in [0, 0.1) is 13.8 Å². The Morgan fingerprint density at radius 2 is 2.00 bits per heavy atom. The van der Waals surface area contributed by atoms with Crippen molar-refractivity contribution in [3.05, 3.63) is 57.0 Å². The average Bonchev–Trinajstić information content (AvgIpc) is 2.79. The lowest BCUT2D eigenvalue weighted by Gasteiger charge is -2.39. The monoisotopic (exact) mass is 315 g/mol. The molecular formula is C17H21N3O3. The Balaban J connectivity index is 1.47. The first-order valence-corrected chi connectivity index (χ1v) is 7.74. The molecule has 1 aromatic heterocycles. The summed E-state index contributed by atoms with van der Waals surface area (Å²) in [5, 5.41) is 5.23. The molecule has 0 spiro atoms. The van der Waals surface area contributed by atoms with Gasteiger partial charge in [-0.05, 0) is 25.0 Å². The fraction of sp³-hybridized carbons (Fsp3) is 0.412. The number of aromatic nitrogens is 2. The molecule has 1 aliphatic heterocycles. The van der Waals surface area contributed by atoms with E-state index in [4.69, 9.17) is 4.74 Å². The molecule has 2 heterocycles. The molecule has 0 saturated carbocycles. The number of rotatable bonds is 5. The lowest BCUT2D eigenvalue weighted by atomic mass is 10.1. The number of hydrogen-bond donors (Lipinski definition) is 2. The zero-order chi connectivity index (χ0) is 16.4. The van der Waals surface area contributed by atoms with E-state index in [9.17, 15) is 9.59 Å². The molecule has 1 amide bonds. The quantitative estimate of drug-likeness (QED) is 0.873. The number of carbonyl (C=O) groups is 1. The maximum atomic E-state index is 12.2. The van der Waals surface area contributed by atoms with Crippen LogP contribution in [-0.4, -0.2) is 40.2 Å². The van der Waals surface area contributed by atoms with Crippen LogP contribution in [0.25, 0.3) is 0 Å². The maximum absolute atomic E-state index is 12.2. The Labute approximate surface area is 134 Å². The van der Waals surface area contributed by atoms with Crippen molar-refractivity contribution in [1.82, 2.24) is 15.1 Å². The van der Waals surface area contributed by atoms with Gasteiger partial charge in [-0.15, -0.1) is 0 Å². The minimum atomic E-state index is -0.219. The van der Waals surface area contributed by atoms with E-state index in [2.05, 4.69) is 29.3 Å². The van der Waals surface area contributed by atoms with Gasteiger partial charge in [0, 0.05) is 24.3 Å². The molecule has 122 valence electrons. The van der Waals surface area contributed by atoms with Gasteiger partial charge < -0.3 is 14.7 Å². The molecule has 0 atom stereocenters. The summed E-state index contributed by atoms with van der Waals surface area (Å²) in [6.45, 7) is 5.59. The van der Waals surface area contributed by atoms with E-state index in [1.54, 1.807) is 11.8 Å². The second-order valence-electron chi connectivity index (χ2n) is 6.02. The van der Waals surface area contributed by atoms with E-state index in [1.807, 2.05) is 12.1 Å². The third kappa shape index (κ3) is 3.37. The number of carbonyl (C=O) groups excluding carboxylic acids is 1. The van der Waals surface area contributed by atoms with Gasteiger partial charge in [0.2, 0.25) is 5.91 Å². The van der Waals surface area contributed by atoms with Crippen molar-refractivity contribution < 1.29 is 9.53 Å². The Morgan fingerprint density at radius 1 is 1.26 bits per heavy atom. The zero-order valence-corrected chi connectivity index (χ0v) is 13.4. The van der Waals surface area contributed by atoms with Crippen molar-refractivity contribution >= 4 is 5.91 Å². The number of H-pyrrole nitrogens is 2. The van der Waals surface area contributed by atoms with Crippen LogP contribution in [0.5, 0.6) is 0 Å². The molecule has 0 aliphatic carbocycles. The molecule has 0 bridgehead atoms. The molecule has 1 aliphatic rings. The number of hydrogen-bond acceptors (Lipinski definition) is 3. The Morgan fingerprint density at radius 3 is 2.65 bits per heavy atom. The highest BCUT2D eigenvalue weighted by Crippen LogP contribution is 2.17. The van der Waals surface area contributed by atoms with Crippen LogP contribution in [0.3, 0.4) is 0 Å². The Hall–Kier alpha value is -2.34. The minimum Gasteiger partial charge on any atom is -0.370 e. The van der Waals surface area contributed by atoms with E-state index in [1.165, 1.54) is 11.1 Å². The van der Waals surface area contributed by atoms with Gasteiger partial charge >= 0.3 is 0 Å². The Bertz CT molecular complexity index is 756. The summed E-state index contributed by atoms with van der Waals surface area (Å²) in [6, 6.07) is 8.12. The number of amides is 1. The number of aryl methyl sites for hydroxylation is 2. The highest BCUT2D eigenvalue weighted by atomic mass is 16.5. The van der Waals surface area contributed by atoms with E-state index in [-0.39, 0.29) is 24.0 Å². The van der Waals surface area contributed by atoms with Crippen molar-refractivity contribution in [2.45, 2.75) is 33.0 Å². The minimum absolute atomic E-state index is 0.0334. The summed E-state index contributed by atoms with van der Waals surface area (Å²) in [5.74, 6) is -0.0334. The summed E-state index contributed by atoms with van der Waals surface area (Å²) in [5.41, 5.74) is 3.40. The maximum Gasteiger partial charge on any atom is 0.267 e. The first kappa shape index (κ1) is 15.6. The smallest absolute Gasteiger partial charge is 0.267 e. The van der Waals surface area contributed by atoms with Crippen LogP contribution < -0.4 is 5.56 Å². The SMILES string of the molecule is Cc1ccccc1COC1CN(C(=O)Cc2c(C)[nH][nH]c2=O)C1. The number of likely N-dealkylation sites (tertiary alicyclic amines) is 1. The van der Waals surface area contributed by atoms with E-state index < -0.39 is 0 Å². The average molecular weight is 315 g/mol. The third-order valence-corrected chi connectivity index (χ3v) is 4.35. The van der Waals surface area contributed by atoms with Crippen molar-refractivity contribution in [2.24, 2.45) is 0 Å². The summed E-state index contributed by atoms with van der Waals surface area (Å²) < 4.78 is 5.84. The topological polar surface area (TPSA) is 78.2 Å². The third-order valence-electron chi connectivity index (χ3n) is 4.35. The number of nitrogens with one attached hydrogen (secondary N) is 2. The standard InChI is InChI=1S/C17H21N3O3/c1-11-5-3-4-6-13(11)10-23-14-8-20(9-14)16(21)7-15-12(2)18-19-17(15)22/h3-6,14H,7-10H2,1-2H3,(H2,18,19,22). The first-order chi connectivity index (χ1) is 11.0. The van der Waals surface area contributed by atoms with Crippen molar-refractivity contribution in [2.75, 3.05) is 13.1 Å². The van der Waals surface area contributed by atoms with Gasteiger partial charge in [-0.3, -0.25) is 14.7 Å². The van der Waals surface area contributed by atoms with Crippen LogP contribution in [-0.2, 0) is 22.6 Å². The largest absolute Gasteiger partial charge is 0.370 e.